The van der Waals surface area contributed by atoms with Gasteiger partial charge in [-0.2, -0.15) is 31.6 Å². The van der Waals surface area contributed by atoms with Crippen molar-refractivity contribution in [2.75, 3.05) is 6.61 Å². The number of nitriles is 1. The van der Waals surface area contributed by atoms with E-state index in [9.17, 15) is 31.1 Å². The van der Waals surface area contributed by atoms with Gasteiger partial charge in [-0.1, -0.05) is 0 Å². The van der Waals surface area contributed by atoms with E-state index >= 15 is 0 Å². The molecule has 3 nitrogen and oxygen atoms in total. The molecular weight excluding hydrogens is 336 g/mol. The maximum absolute atomic E-state index is 12.8. The van der Waals surface area contributed by atoms with E-state index in [4.69, 9.17) is 5.26 Å². The number of nitrogens with zero attached hydrogens (tertiary/aromatic N) is 1. The van der Waals surface area contributed by atoms with Crippen LogP contribution in [0, 0.1) is 11.3 Å². The van der Waals surface area contributed by atoms with Gasteiger partial charge in [0.05, 0.1) is 23.3 Å². The van der Waals surface area contributed by atoms with Gasteiger partial charge in [0.2, 0.25) is 0 Å². The van der Waals surface area contributed by atoms with Crippen LogP contribution in [0.5, 0.6) is 0 Å². The molecule has 0 heterocycles. The first-order valence-electron chi connectivity index (χ1n) is 5.58. The molecule has 0 spiro atoms. The van der Waals surface area contributed by atoms with Crippen molar-refractivity contribution >= 4 is 17.7 Å². The standard InChI is InChI=1S/C12H7F6NO2S/c1-2-21-10(20)6-3-4-8(11(13,14)15)9(7(6)5-19)22-12(16,17)18/h3-4H,2H2,1H3. The van der Waals surface area contributed by atoms with Gasteiger partial charge in [0.15, 0.2) is 0 Å². The number of alkyl halides is 6. The summed E-state index contributed by atoms with van der Waals surface area (Å²) in [5.74, 6) is -1.17. The summed E-state index contributed by atoms with van der Waals surface area (Å²) in [6.07, 6.45) is -5.10. The normalized spacial score (nSPS) is 11.9. The van der Waals surface area contributed by atoms with Crippen molar-refractivity contribution in [1.82, 2.24) is 0 Å². The highest BCUT2D eigenvalue weighted by Gasteiger charge is 2.41. The lowest BCUT2D eigenvalue weighted by Gasteiger charge is -2.16. The van der Waals surface area contributed by atoms with E-state index in [0.717, 1.165) is 0 Å². The zero-order valence-corrected chi connectivity index (χ0v) is 11.6. The lowest BCUT2D eigenvalue weighted by molar-refractivity contribution is -0.139. The molecule has 1 rings (SSSR count). The highest BCUT2D eigenvalue weighted by Crippen LogP contribution is 2.45. The van der Waals surface area contributed by atoms with Crippen LogP contribution in [0.25, 0.3) is 0 Å². The third-order valence-corrected chi connectivity index (χ3v) is 3.15. The van der Waals surface area contributed by atoms with Crippen LogP contribution in [-0.4, -0.2) is 18.1 Å². The number of carbonyl (C=O) groups is 1. The average molecular weight is 343 g/mol. The van der Waals surface area contributed by atoms with Crippen molar-refractivity contribution in [3.8, 4) is 6.07 Å². The Bertz CT molecular complexity index is 618. The number of hydrogen-bond acceptors (Lipinski definition) is 4. The van der Waals surface area contributed by atoms with E-state index in [2.05, 4.69) is 4.74 Å². The highest BCUT2D eigenvalue weighted by atomic mass is 32.2. The summed E-state index contributed by atoms with van der Waals surface area (Å²) in [6, 6.07) is 2.16. The summed E-state index contributed by atoms with van der Waals surface area (Å²) in [4.78, 5) is 10.2. The highest BCUT2D eigenvalue weighted by molar-refractivity contribution is 8.00. The molecule has 0 amide bonds. The van der Waals surface area contributed by atoms with Crippen LogP contribution in [0.3, 0.4) is 0 Å². The molecule has 1 aromatic rings. The van der Waals surface area contributed by atoms with Crippen molar-refractivity contribution in [3.05, 3.63) is 28.8 Å². The Morgan fingerprint density at radius 1 is 1.27 bits per heavy atom. The van der Waals surface area contributed by atoms with Gasteiger partial charge < -0.3 is 4.74 Å². The SMILES string of the molecule is CCOC(=O)c1ccc(C(F)(F)F)c(SC(F)(F)F)c1C#N. The minimum Gasteiger partial charge on any atom is -0.462 e. The molecule has 0 fully saturated rings. The second kappa shape index (κ2) is 6.48. The summed E-state index contributed by atoms with van der Waals surface area (Å²) in [6.45, 7) is 1.26. The molecular formula is C12H7F6NO2S. The van der Waals surface area contributed by atoms with Crippen LogP contribution in [-0.2, 0) is 10.9 Å². The van der Waals surface area contributed by atoms with Gasteiger partial charge in [0.25, 0.3) is 0 Å². The quantitative estimate of drug-likeness (QED) is 0.465. The Morgan fingerprint density at radius 3 is 2.27 bits per heavy atom. The number of ether oxygens (including phenoxy) is 1. The first-order valence-corrected chi connectivity index (χ1v) is 6.40. The summed E-state index contributed by atoms with van der Waals surface area (Å²) in [7, 11) is 0. The summed E-state index contributed by atoms with van der Waals surface area (Å²) < 4.78 is 80.4. The molecule has 1 aromatic carbocycles. The van der Waals surface area contributed by atoms with Crippen molar-refractivity contribution < 1.29 is 35.9 Å². The Labute approximate surface area is 124 Å². The zero-order valence-electron chi connectivity index (χ0n) is 10.8. The van der Waals surface area contributed by atoms with E-state index in [0.29, 0.717) is 12.1 Å². The summed E-state index contributed by atoms with van der Waals surface area (Å²) in [5, 5.41) is 8.90. The topological polar surface area (TPSA) is 50.1 Å². The molecule has 0 N–H and O–H groups in total. The van der Waals surface area contributed by atoms with Crippen LogP contribution in [0.15, 0.2) is 17.0 Å². The molecule has 0 bridgehead atoms. The lowest BCUT2D eigenvalue weighted by Crippen LogP contribution is -2.15. The molecule has 0 aliphatic carbocycles. The molecule has 0 atom stereocenters. The van der Waals surface area contributed by atoms with E-state index in [-0.39, 0.29) is 6.61 Å². The number of carbonyl (C=O) groups excluding carboxylic acids is 1. The summed E-state index contributed by atoms with van der Waals surface area (Å²) >= 11 is -1.10. The molecule has 0 unspecified atom stereocenters. The van der Waals surface area contributed by atoms with Gasteiger partial charge in [-0.3, -0.25) is 0 Å². The Kier molecular flexibility index (Phi) is 5.35. The molecule has 10 heteroatoms. The number of thioether (sulfide) groups is 1. The van der Waals surface area contributed by atoms with Gasteiger partial charge in [0.1, 0.15) is 6.07 Å². The van der Waals surface area contributed by atoms with Gasteiger partial charge in [0, 0.05) is 4.90 Å². The third-order valence-electron chi connectivity index (χ3n) is 2.29. The Balaban J connectivity index is 3.60. The molecule has 0 aliphatic rings. The predicted octanol–water partition coefficient (Wildman–Crippen LogP) is 4.37. The molecule has 0 radical (unpaired) electrons. The van der Waals surface area contributed by atoms with Gasteiger partial charge >= 0.3 is 17.7 Å². The van der Waals surface area contributed by atoms with Crippen LogP contribution >= 0.6 is 11.8 Å². The van der Waals surface area contributed by atoms with Gasteiger partial charge in [-0.15, -0.1) is 0 Å². The zero-order chi connectivity index (χ0) is 17.1. The number of halogens is 6. The van der Waals surface area contributed by atoms with Crippen LogP contribution in [0.4, 0.5) is 26.3 Å². The molecule has 0 aromatic heterocycles. The predicted molar refractivity (Wildman–Crippen MR) is 64.0 cm³/mol. The first kappa shape index (κ1) is 18.2. The van der Waals surface area contributed by atoms with Crippen molar-refractivity contribution in [1.29, 1.82) is 5.26 Å². The van der Waals surface area contributed by atoms with Gasteiger partial charge in [-0.25, -0.2) is 4.79 Å². The van der Waals surface area contributed by atoms with Crippen molar-refractivity contribution in [3.63, 3.8) is 0 Å². The van der Waals surface area contributed by atoms with Crippen LogP contribution in [0.1, 0.15) is 28.4 Å². The molecule has 0 aliphatic heterocycles. The van der Waals surface area contributed by atoms with Crippen molar-refractivity contribution in [2.24, 2.45) is 0 Å². The van der Waals surface area contributed by atoms with Gasteiger partial charge in [-0.05, 0) is 30.8 Å². The molecule has 22 heavy (non-hydrogen) atoms. The molecule has 0 saturated heterocycles. The molecule has 120 valence electrons. The third kappa shape index (κ3) is 4.30. The first-order chi connectivity index (χ1) is 10.0. The largest absolute Gasteiger partial charge is 0.462 e. The molecule has 0 saturated carbocycles. The van der Waals surface area contributed by atoms with E-state index < -0.39 is 51.0 Å². The smallest absolute Gasteiger partial charge is 0.446 e. The Morgan fingerprint density at radius 2 is 1.86 bits per heavy atom. The number of hydrogen-bond donors (Lipinski definition) is 0. The van der Waals surface area contributed by atoms with Crippen LogP contribution < -0.4 is 0 Å². The fourth-order valence-electron chi connectivity index (χ4n) is 1.52. The maximum Gasteiger partial charge on any atom is 0.446 e. The summed E-state index contributed by atoms with van der Waals surface area (Å²) in [5.41, 5.74) is -8.36. The van der Waals surface area contributed by atoms with E-state index in [1.807, 2.05) is 0 Å². The second-order valence-corrected chi connectivity index (χ2v) is 4.82. The van der Waals surface area contributed by atoms with E-state index in [1.54, 1.807) is 0 Å². The fraction of sp³-hybridized carbons (Fsp3) is 0.333. The number of esters is 1. The second-order valence-electron chi connectivity index (χ2n) is 3.74. The van der Waals surface area contributed by atoms with Crippen LogP contribution in [0.2, 0.25) is 0 Å². The fourth-order valence-corrected chi connectivity index (χ4v) is 2.30. The monoisotopic (exact) mass is 343 g/mol. The average Bonchev–Trinajstić information content (AvgIpc) is 2.35. The van der Waals surface area contributed by atoms with E-state index in [1.165, 1.54) is 13.0 Å². The minimum atomic E-state index is -5.10. The number of rotatable bonds is 3. The Hall–Kier alpha value is -1.89. The number of benzene rings is 1. The maximum atomic E-state index is 12.8. The van der Waals surface area contributed by atoms with Crippen molar-refractivity contribution in [2.45, 2.75) is 23.5 Å². The minimum absolute atomic E-state index is 0.146. The lowest BCUT2D eigenvalue weighted by atomic mass is 10.0.